The van der Waals surface area contributed by atoms with Crippen molar-refractivity contribution in [2.75, 3.05) is 13.1 Å². The summed E-state index contributed by atoms with van der Waals surface area (Å²) >= 11 is 0. The molecule has 0 heterocycles. The van der Waals surface area contributed by atoms with E-state index in [2.05, 4.69) is 71.6 Å². The normalized spacial score (nSPS) is 13.7. The standard InChI is InChI=1S/C20H34N2O/c1-8-14-22(10-3)18(9-2)20(23-15(4)5)21-19-16(6)12-11-13-17(19)7/h11-13,15,18H,8-10,14H2,1-7H3/b21-20-. The zero-order valence-corrected chi connectivity index (χ0v) is 16.0. The first-order valence-corrected chi connectivity index (χ1v) is 8.99. The number of aliphatic imine (C=N–C) groups is 1. The first-order valence-electron chi connectivity index (χ1n) is 8.99. The van der Waals surface area contributed by atoms with Crippen LogP contribution in [0, 0.1) is 13.8 Å². The van der Waals surface area contributed by atoms with Crippen LogP contribution in [0.1, 0.15) is 58.6 Å². The zero-order valence-electron chi connectivity index (χ0n) is 16.0. The summed E-state index contributed by atoms with van der Waals surface area (Å²) in [5.41, 5.74) is 3.45. The van der Waals surface area contributed by atoms with Gasteiger partial charge in [-0.15, -0.1) is 0 Å². The molecule has 0 aliphatic carbocycles. The molecule has 0 bridgehead atoms. The Bertz CT molecular complexity index is 488. The summed E-state index contributed by atoms with van der Waals surface area (Å²) in [6.45, 7) is 17.1. The molecule has 0 fully saturated rings. The fraction of sp³-hybridized carbons (Fsp3) is 0.650. The van der Waals surface area contributed by atoms with Gasteiger partial charge in [0.05, 0.1) is 17.8 Å². The highest BCUT2D eigenvalue weighted by Gasteiger charge is 2.23. The van der Waals surface area contributed by atoms with E-state index in [0.29, 0.717) is 0 Å². The molecule has 1 atom stereocenters. The lowest BCUT2D eigenvalue weighted by Crippen LogP contribution is -2.43. The van der Waals surface area contributed by atoms with E-state index in [1.54, 1.807) is 0 Å². The lowest BCUT2D eigenvalue weighted by Gasteiger charge is -2.31. The van der Waals surface area contributed by atoms with E-state index in [0.717, 1.165) is 37.5 Å². The smallest absolute Gasteiger partial charge is 0.206 e. The number of ether oxygens (including phenoxy) is 1. The average Bonchev–Trinajstić information content (AvgIpc) is 2.50. The van der Waals surface area contributed by atoms with E-state index < -0.39 is 0 Å². The van der Waals surface area contributed by atoms with Crippen molar-refractivity contribution in [2.24, 2.45) is 4.99 Å². The molecule has 0 aromatic heterocycles. The third kappa shape index (κ3) is 5.65. The quantitative estimate of drug-likeness (QED) is 0.482. The Morgan fingerprint density at radius 3 is 2.17 bits per heavy atom. The Labute approximate surface area is 142 Å². The van der Waals surface area contributed by atoms with Crippen LogP contribution in [-0.2, 0) is 4.74 Å². The molecule has 1 aromatic carbocycles. The summed E-state index contributed by atoms with van der Waals surface area (Å²) in [5, 5.41) is 0. The van der Waals surface area contributed by atoms with Gasteiger partial charge in [0.25, 0.3) is 0 Å². The van der Waals surface area contributed by atoms with Gasteiger partial charge in [-0.1, -0.05) is 39.0 Å². The van der Waals surface area contributed by atoms with Crippen molar-refractivity contribution in [3.8, 4) is 0 Å². The van der Waals surface area contributed by atoms with Crippen LogP contribution in [0.4, 0.5) is 5.69 Å². The molecule has 3 nitrogen and oxygen atoms in total. The van der Waals surface area contributed by atoms with Crippen LogP contribution in [0.3, 0.4) is 0 Å². The number of aryl methyl sites for hydroxylation is 2. The van der Waals surface area contributed by atoms with Gasteiger partial charge in [-0.05, 0) is 64.8 Å². The lowest BCUT2D eigenvalue weighted by molar-refractivity contribution is 0.170. The Balaban J connectivity index is 3.28. The second-order valence-corrected chi connectivity index (χ2v) is 6.41. The fourth-order valence-corrected chi connectivity index (χ4v) is 2.92. The Kier molecular flexibility index (Phi) is 8.32. The number of hydrogen-bond acceptors (Lipinski definition) is 3. The van der Waals surface area contributed by atoms with E-state index in [9.17, 15) is 0 Å². The molecule has 0 radical (unpaired) electrons. The fourth-order valence-electron chi connectivity index (χ4n) is 2.92. The summed E-state index contributed by atoms with van der Waals surface area (Å²) in [6, 6.07) is 6.55. The molecular weight excluding hydrogens is 284 g/mol. The Hall–Kier alpha value is -1.35. The van der Waals surface area contributed by atoms with Crippen LogP contribution in [0.2, 0.25) is 0 Å². The second-order valence-electron chi connectivity index (χ2n) is 6.41. The highest BCUT2D eigenvalue weighted by Crippen LogP contribution is 2.25. The van der Waals surface area contributed by atoms with E-state index in [1.807, 2.05) is 0 Å². The van der Waals surface area contributed by atoms with Gasteiger partial charge in [-0.25, -0.2) is 4.99 Å². The zero-order chi connectivity index (χ0) is 17.4. The first kappa shape index (κ1) is 19.7. The first-order chi connectivity index (χ1) is 10.9. The van der Waals surface area contributed by atoms with Gasteiger partial charge in [-0.2, -0.15) is 0 Å². The maximum atomic E-state index is 6.15. The third-order valence-corrected chi connectivity index (χ3v) is 4.05. The van der Waals surface area contributed by atoms with E-state index in [4.69, 9.17) is 9.73 Å². The SMILES string of the molecule is CCCN(CC)C(CC)/C(=N/c1c(C)cccc1C)OC(C)C. The highest BCUT2D eigenvalue weighted by molar-refractivity contribution is 5.85. The molecule has 0 saturated carbocycles. The second kappa shape index (κ2) is 9.71. The molecular formula is C20H34N2O. The number of benzene rings is 1. The Morgan fingerprint density at radius 1 is 1.13 bits per heavy atom. The molecule has 0 amide bonds. The topological polar surface area (TPSA) is 24.8 Å². The summed E-state index contributed by atoms with van der Waals surface area (Å²) < 4.78 is 6.15. The van der Waals surface area contributed by atoms with Gasteiger partial charge in [0, 0.05) is 0 Å². The third-order valence-electron chi connectivity index (χ3n) is 4.05. The van der Waals surface area contributed by atoms with Gasteiger partial charge in [0.1, 0.15) is 0 Å². The molecule has 1 aromatic rings. The van der Waals surface area contributed by atoms with Crippen LogP contribution < -0.4 is 0 Å². The summed E-state index contributed by atoms with van der Waals surface area (Å²) in [7, 11) is 0. The highest BCUT2D eigenvalue weighted by atomic mass is 16.5. The molecule has 0 spiro atoms. The minimum absolute atomic E-state index is 0.132. The largest absolute Gasteiger partial charge is 0.477 e. The molecule has 23 heavy (non-hydrogen) atoms. The van der Waals surface area contributed by atoms with Crippen molar-refractivity contribution in [3.05, 3.63) is 29.3 Å². The van der Waals surface area contributed by atoms with Gasteiger partial charge in [-0.3, -0.25) is 4.90 Å². The molecule has 130 valence electrons. The monoisotopic (exact) mass is 318 g/mol. The predicted octanol–water partition coefficient (Wildman–Crippen LogP) is 5.27. The van der Waals surface area contributed by atoms with E-state index >= 15 is 0 Å². The van der Waals surface area contributed by atoms with Crippen molar-refractivity contribution in [3.63, 3.8) is 0 Å². The molecule has 1 rings (SSSR count). The summed E-state index contributed by atoms with van der Waals surface area (Å²) in [6.07, 6.45) is 2.28. The molecule has 1 unspecified atom stereocenters. The van der Waals surface area contributed by atoms with E-state index in [1.165, 1.54) is 11.1 Å². The summed E-state index contributed by atoms with van der Waals surface area (Å²) in [5.74, 6) is 0.857. The number of nitrogens with zero attached hydrogens (tertiary/aromatic N) is 2. The van der Waals surface area contributed by atoms with Crippen LogP contribution in [-0.4, -0.2) is 36.0 Å². The van der Waals surface area contributed by atoms with Crippen LogP contribution >= 0.6 is 0 Å². The van der Waals surface area contributed by atoms with Gasteiger partial charge in [0.2, 0.25) is 5.90 Å². The maximum Gasteiger partial charge on any atom is 0.206 e. The van der Waals surface area contributed by atoms with Crippen molar-refractivity contribution in [1.82, 2.24) is 4.90 Å². The Morgan fingerprint density at radius 2 is 1.74 bits per heavy atom. The van der Waals surface area contributed by atoms with Crippen molar-refractivity contribution >= 4 is 11.6 Å². The van der Waals surface area contributed by atoms with E-state index in [-0.39, 0.29) is 12.1 Å². The van der Waals surface area contributed by atoms with Crippen LogP contribution in [0.5, 0.6) is 0 Å². The predicted molar refractivity (Wildman–Crippen MR) is 101 cm³/mol. The molecule has 3 heteroatoms. The minimum Gasteiger partial charge on any atom is -0.477 e. The number of hydrogen-bond donors (Lipinski definition) is 0. The van der Waals surface area contributed by atoms with Crippen molar-refractivity contribution in [1.29, 1.82) is 0 Å². The molecule has 0 saturated heterocycles. The maximum absolute atomic E-state index is 6.15. The minimum atomic E-state index is 0.132. The lowest BCUT2D eigenvalue weighted by atomic mass is 10.1. The molecule has 0 aliphatic rings. The van der Waals surface area contributed by atoms with Gasteiger partial charge in [0.15, 0.2) is 0 Å². The van der Waals surface area contributed by atoms with Gasteiger partial charge >= 0.3 is 0 Å². The van der Waals surface area contributed by atoms with Crippen molar-refractivity contribution in [2.45, 2.75) is 73.5 Å². The summed E-state index contributed by atoms with van der Waals surface area (Å²) in [4.78, 5) is 7.44. The number of likely N-dealkylation sites (N-methyl/N-ethyl adjacent to an activating group) is 1. The molecule has 0 aliphatic heterocycles. The number of rotatable bonds is 8. The van der Waals surface area contributed by atoms with Gasteiger partial charge < -0.3 is 4.74 Å². The van der Waals surface area contributed by atoms with Crippen LogP contribution in [0.25, 0.3) is 0 Å². The van der Waals surface area contributed by atoms with Crippen molar-refractivity contribution < 1.29 is 4.74 Å². The average molecular weight is 319 g/mol. The number of para-hydroxylation sites is 1. The molecule has 0 N–H and O–H groups in total. The van der Waals surface area contributed by atoms with Crippen LogP contribution in [0.15, 0.2) is 23.2 Å².